The molecular formula is C23H24N2O3S2. The van der Waals surface area contributed by atoms with Crippen LogP contribution >= 0.6 is 11.8 Å². The SMILES string of the molecule is CCSc1ccccc1C(=O)Nc1ccc(S(=O)(=O)Nc2ccc(C)cc2C)cc1. The summed E-state index contributed by atoms with van der Waals surface area (Å²) in [6.45, 7) is 5.85. The summed E-state index contributed by atoms with van der Waals surface area (Å²) in [6.07, 6.45) is 0. The van der Waals surface area contributed by atoms with Crippen molar-refractivity contribution in [2.75, 3.05) is 15.8 Å². The van der Waals surface area contributed by atoms with E-state index >= 15 is 0 Å². The molecule has 0 aliphatic heterocycles. The third kappa shape index (κ3) is 5.23. The van der Waals surface area contributed by atoms with E-state index in [1.54, 1.807) is 36.0 Å². The van der Waals surface area contributed by atoms with Crippen LogP contribution < -0.4 is 10.0 Å². The lowest BCUT2D eigenvalue weighted by molar-refractivity contribution is 0.102. The van der Waals surface area contributed by atoms with Gasteiger partial charge in [-0.3, -0.25) is 9.52 Å². The first kappa shape index (κ1) is 21.9. The molecule has 0 aliphatic carbocycles. The predicted molar refractivity (Wildman–Crippen MR) is 124 cm³/mol. The molecule has 0 aliphatic rings. The molecule has 2 N–H and O–H groups in total. The maximum absolute atomic E-state index is 12.7. The monoisotopic (exact) mass is 440 g/mol. The molecule has 3 aromatic rings. The minimum Gasteiger partial charge on any atom is -0.322 e. The highest BCUT2D eigenvalue weighted by Gasteiger charge is 2.16. The topological polar surface area (TPSA) is 75.3 Å². The molecule has 3 rings (SSSR count). The summed E-state index contributed by atoms with van der Waals surface area (Å²) < 4.78 is 28.0. The van der Waals surface area contributed by atoms with Gasteiger partial charge in [0.2, 0.25) is 0 Å². The first-order valence-electron chi connectivity index (χ1n) is 9.53. The molecule has 0 fully saturated rings. The van der Waals surface area contributed by atoms with Gasteiger partial charge < -0.3 is 5.32 Å². The molecule has 0 aromatic heterocycles. The summed E-state index contributed by atoms with van der Waals surface area (Å²) >= 11 is 1.60. The highest BCUT2D eigenvalue weighted by molar-refractivity contribution is 7.99. The summed E-state index contributed by atoms with van der Waals surface area (Å²) in [6, 6.07) is 19.1. The van der Waals surface area contributed by atoms with Gasteiger partial charge in [0.15, 0.2) is 0 Å². The van der Waals surface area contributed by atoms with Crippen LogP contribution in [0, 0.1) is 13.8 Å². The second-order valence-corrected chi connectivity index (χ2v) is 9.82. The van der Waals surface area contributed by atoms with E-state index in [4.69, 9.17) is 0 Å². The Morgan fingerprint density at radius 3 is 2.33 bits per heavy atom. The second-order valence-electron chi connectivity index (χ2n) is 6.83. The van der Waals surface area contributed by atoms with Crippen LogP contribution in [0.2, 0.25) is 0 Å². The molecular weight excluding hydrogens is 416 g/mol. The lowest BCUT2D eigenvalue weighted by Gasteiger charge is -2.12. The van der Waals surface area contributed by atoms with E-state index in [2.05, 4.69) is 10.0 Å². The van der Waals surface area contributed by atoms with E-state index in [0.717, 1.165) is 21.8 Å². The predicted octanol–water partition coefficient (Wildman–Crippen LogP) is 5.47. The molecule has 3 aromatic carbocycles. The zero-order chi connectivity index (χ0) is 21.7. The Hall–Kier alpha value is -2.77. The number of aryl methyl sites for hydroxylation is 2. The van der Waals surface area contributed by atoms with Gasteiger partial charge in [0.05, 0.1) is 16.1 Å². The standard InChI is InChI=1S/C23H24N2O3S2/c1-4-29-22-8-6-5-7-20(22)23(26)24-18-10-12-19(13-11-18)30(27,28)25-21-14-9-16(2)15-17(21)3/h5-15,25H,4H2,1-3H3,(H,24,26). The van der Waals surface area contributed by atoms with Gasteiger partial charge in [-0.15, -0.1) is 11.8 Å². The van der Waals surface area contributed by atoms with Crippen molar-refractivity contribution < 1.29 is 13.2 Å². The van der Waals surface area contributed by atoms with Crippen LogP contribution in [-0.4, -0.2) is 20.1 Å². The summed E-state index contributed by atoms with van der Waals surface area (Å²) in [5.41, 5.74) is 3.59. The molecule has 30 heavy (non-hydrogen) atoms. The van der Waals surface area contributed by atoms with Crippen molar-refractivity contribution in [3.63, 3.8) is 0 Å². The van der Waals surface area contributed by atoms with Crippen LogP contribution in [-0.2, 0) is 10.0 Å². The normalized spacial score (nSPS) is 11.2. The first-order valence-corrected chi connectivity index (χ1v) is 12.0. The highest BCUT2D eigenvalue weighted by atomic mass is 32.2. The third-order valence-electron chi connectivity index (χ3n) is 4.48. The average molecular weight is 441 g/mol. The van der Waals surface area contributed by atoms with E-state index in [0.29, 0.717) is 16.9 Å². The molecule has 0 spiro atoms. The van der Waals surface area contributed by atoms with Crippen molar-refractivity contribution >= 4 is 39.1 Å². The Kier molecular flexibility index (Phi) is 6.84. The zero-order valence-electron chi connectivity index (χ0n) is 17.1. The van der Waals surface area contributed by atoms with Gasteiger partial charge in [-0.25, -0.2) is 8.42 Å². The Bertz CT molecular complexity index is 1160. The van der Waals surface area contributed by atoms with Gasteiger partial charge in [0.1, 0.15) is 0 Å². The lowest BCUT2D eigenvalue weighted by atomic mass is 10.1. The number of thioether (sulfide) groups is 1. The minimum atomic E-state index is -3.73. The quantitative estimate of drug-likeness (QED) is 0.478. The number of hydrogen-bond acceptors (Lipinski definition) is 4. The highest BCUT2D eigenvalue weighted by Crippen LogP contribution is 2.24. The van der Waals surface area contributed by atoms with Gasteiger partial charge >= 0.3 is 0 Å². The average Bonchev–Trinajstić information content (AvgIpc) is 2.71. The van der Waals surface area contributed by atoms with Crippen molar-refractivity contribution in [2.45, 2.75) is 30.6 Å². The number of anilines is 2. The number of carbonyl (C=O) groups excluding carboxylic acids is 1. The first-order chi connectivity index (χ1) is 14.3. The smallest absolute Gasteiger partial charge is 0.261 e. The summed E-state index contributed by atoms with van der Waals surface area (Å²) in [7, 11) is -3.73. The zero-order valence-corrected chi connectivity index (χ0v) is 18.7. The summed E-state index contributed by atoms with van der Waals surface area (Å²) in [5, 5.41) is 2.83. The van der Waals surface area contributed by atoms with Gasteiger partial charge in [-0.2, -0.15) is 0 Å². The molecule has 7 heteroatoms. The number of rotatable bonds is 7. The van der Waals surface area contributed by atoms with E-state index in [1.165, 1.54) is 12.1 Å². The van der Waals surface area contributed by atoms with Crippen LogP contribution in [0.5, 0.6) is 0 Å². The molecule has 0 heterocycles. The number of sulfonamides is 1. The Morgan fingerprint density at radius 1 is 0.967 bits per heavy atom. The summed E-state index contributed by atoms with van der Waals surface area (Å²) in [5.74, 6) is 0.639. The van der Waals surface area contributed by atoms with Crippen molar-refractivity contribution in [3.05, 3.63) is 83.4 Å². The number of carbonyl (C=O) groups is 1. The molecule has 0 saturated carbocycles. The minimum absolute atomic E-state index is 0.127. The number of benzene rings is 3. The Labute approximate surface area is 182 Å². The molecule has 1 amide bonds. The van der Waals surface area contributed by atoms with E-state index in [-0.39, 0.29) is 10.8 Å². The molecule has 0 bridgehead atoms. The second kappa shape index (κ2) is 9.36. The fraction of sp³-hybridized carbons (Fsp3) is 0.174. The van der Waals surface area contributed by atoms with Gasteiger partial charge in [-0.05, 0) is 67.6 Å². The largest absolute Gasteiger partial charge is 0.322 e. The fourth-order valence-electron chi connectivity index (χ4n) is 2.98. The number of nitrogens with one attached hydrogen (secondary N) is 2. The van der Waals surface area contributed by atoms with Gasteiger partial charge in [0.25, 0.3) is 15.9 Å². The van der Waals surface area contributed by atoms with Crippen molar-refractivity contribution in [2.24, 2.45) is 0 Å². The van der Waals surface area contributed by atoms with Crippen molar-refractivity contribution in [1.29, 1.82) is 0 Å². The molecule has 0 unspecified atom stereocenters. The third-order valence-corrected chi connectivity index (χ3v) is 6.82. The van der Waals surface area contributed by atoms with Crippen molar-refractivity contribution in [1.82, 2.24) is 0 Å². The summed E-state index contributed by atoms with van der Waals surface area (Å²) in [4.78, 5) is 13.7. The maximum Gasteiger partial charge on any atom is 0.261 e. The Balaban J connectivity index is 1.75. The molecule has 0 saturated heterocycles. The molecule has 0 radical (unpaired) electrons. The van der Waals surface area contributed by atoms with Crippen molar-refractivity contribution in [3.8, 4) is 0 Å². The van der Waals surface area contributed by atoms with Crippen LogP contribution in [0.25, 0.3) is 0 Å². The van der Waals surface area contributed by atoms with Crippen LogP contribution in [0.1, 0.15) is 28.4 Å². The number of hydrogen-bond donors (Lipinski definition) is 2. The van der Waals surface area contributed by atoms with Gasteiger partial charge in [-0.1, -0.05) is 36.8 Å². The van der Waals surface area contributed by atoms with Gasteiger partial charge in [0, 0.05) is 10.6 Å². The van der Waals surface area contributed by atoms with E-state index in [9.17, 15) is 13.2 Å². The maximum atomic E-state index is 12.7. The molecule has 5 nitrogen and oxygen atoms in total. The number of amides is 1. The van der Waals surface area contributed by atoms with Crippen LogP contribution in [0.15, 0.2) is 76.5 Å². The fourth-order valence-corrected chi connectivity index (χ4v) is 4.92. The van der Waals surface area contributed by atoms with Crippen LogP contribution in [0.4, 0.5) is 11.4 Å². The molecule has 156 valence electrons. The van der Waals surface area contributed by atoms with E-state index < -0.39 is 10.0 Å². The van der Waals surface area contributed by atoms with E-state index in [1.807, 2.05) is 51.1 Å². The van der Waals surface area contributed by atoms with Crippen LogP contribution in [0.3, 0.4) is 0 Å². The lowest BCUT2D eigenvalue weighted by Crippen LogP contribution is -2.15. The Morgan fingerprint density at radius 2 is 1.67 bits per heavy atom. The molecule has 0 atom stereocenters.